The van der Waals surface area contributed by atoms with Gasteiger partial charge in [0.05, 0.1) is 14.2 Å². The summed E-state index contributed by atoms with van der Waals surface area (Å²) in [5.41, 5.74) is 2.11. The summed E-state index contributed by atoms with van der Waals surface area (Å²) in [4.78, 5) is 12.0. The Labute approximate surface area is 135 Å². The smallest absolute Gasteiger partial charge is 0.349 e. The highest BCUT2D eigenvalue weighted by molar-refractivity contribution is 5.74. The van der Waals surface area contributed by atoms with Crippen molar-refractivity contribution in [3.05, 3.63) is 47.5 Å². The van der Waals surface area contributed by atoms with Gasteiger partial charge in [-0.15, -0.1) is 0 Å². The Morgan fingerprint density at radius 2 is 1.57 bits per heavy atom. The van der Waals surface area contributed by atoms with Gasteiger partial charge in [-0.05, 0) is 31.0 Å². The van der Waals surface area contributed by atoms with E-state index in [0.717, 1.165) is 11.1 Å². The largest absolute Gasteiger partial charge is 0.496 e. The minimum atomic E-state index is -0.499. The van der Waals surface area contributed by atoms with Crippen LogP contribution in [0.4, 0.5) is 0 Å². The summed E-state index contributed by atoms with van der Waals surface area (Å²) in [5, 5.41) is 0. The van der Waals surface area contributed by atoms with Gasteiger partial charge in [0, 0.05) is 18.2 Å². The van der Waals surface area contributed by atoms with Crippen LogP contribution in [-0.4, -0.2) is 26.8 Å². The zero-order valence-corrected chi connectivity index (χ0v) is 13.7. The summed E-state index contributed by atoms with van der Waals surface area (Å²) < 4.78 is 21.1. The minimum absolute atomic E-state index is 0.177. The Bertz CT molecular complexity index is 672. The van der Waals surface area contributed by atoms with Crippen molar-refractivity contribution in [2.75, 3.05) is 20.8 Å². The van der Waals surface area contributed by atoms with E-state index in [2.05, 4.69) is 0 Å². The van der Waals surface area contributed by atoms with E-state index in [1.165, 1.54) is 14.2 Å². The van der Waals surface area contributed by atoms with Gasteiger partial charge in [-0.3, -0.25) is 0 Å². The Morgan fingerprint density at radius 1 is 0.957 bits per heavy atom. The van der Waals surface area contributed by atoms with Crippen LogP contribution in [0.1, 0.15) is 11.1 Å². The molecule has 0 aliphatic heterocycles. The number of ether oxygens (including phenoxy) is 4. The molecule has 0 amide bonds. The van der Waals surface area contributed by atoms with Crippen LogP contribution >= 0.6 is 0 Å². The second-order valence-electron chi connectivity index (χ2n) is 5.01. The molecule has 0 bridgehead atoms. The van der Waals surface area contributed by atoms with Crippen molar-refractivity contribution >= 4 is 5.97 Å². The third-order valence-electron chi connectivity index (χ3n) is 3.46. The van der Waals surface area contributed by atoms with Gasteiger partial charge < -0.3 is 18.9 Å². The monoisotopic (exact) mass is 316 g/mol. The van der Waals surface area contributed by atoms with Crippen molar-refractivity contribution in [2.24, 2.45) is 0 Å². The van der Waals surface area contributed by atoms with Crippen LogP contribution in [0.25, 0.3) is 0 Å². The highest BCUT2D eigenvalue weighted by Crippen LogP contribution is 2.27. The topological polar surface area (TPSA) is 54.0 Å². The average Bonchev–Trinajstić information content (AvgIpc) is 2.55. The van der Waals surface area contributed by atoms with E-state index in [0.29, 0.717) is 23.0 Å². The molecule has 0 aliphatic rings. The van der Waals surface area contributed by atoms with E-state index >= 15 is 0 Å². The summed E-state index contributed by atoms with van der Waals surface area (Å²) in [6, 6.07) is 10.6. The van der Waals surface area contributed by atoms with E-state index in [-0.39, 0.29) is 6.61 Å². The van der Waals surface area contributed by atoms with E-state index in [9.17, 15) is 4.79 Å². The number of benzene rings is 2. The maximum Gasteiger partial charge on any atom is 0.349 e. The van der Waals surface area contributed by atoms with Crippen molar-refractivity contribution < 1.29 is 23.7 Å². The number of esters is 1. The normalized spacial score (nSPS) is 10.1. The van der Waals surface area contributed by atoms with Crippen LogP contribution < -0.4 is 18.9 Å². The molecule has 0 atom stereocenters. The molecule has 122 valence electrons. The van der Waals surface area contributed by atoms with Gasteiger partial charge >= 0.3 is 5.97 Å². The molecule has 0 aromatic heterocycles. The van der Waals surface area contributed by atoms with Gasteiger partial charge in [0.1, 0.15) is 23.0 Å². The van der Waals surface area contributed by atoms with Crippen molar-refractivity contribution in [1.29, 1.82) is 0 Å². The molecule has 2 aromatic rings. The van der Waals surface area contributed by atoms with Crippen molar-refractivity contribution in [1.82, 2.24) is 0 Å². The van der Waals surface area contributed by atoms with Gasteiger partial charge in [0.25, 0.3) is 0 Å². The van der Waals surface area contributed by atoms with Gasteiger partial charge in [-0.1, -0.05) is 12.1 Å². The zero-order valence-electron chi connectivity index (χ0n) is 13.7. The minimum Gasteiger partial charge on any atom is -0.496 e. The summed E-state index contributed by atoms with van der Waals surface area (Å²) in [5.74, 6) is 1.60. The number of hydrogen-bond donors (Lipinski definition) is 0. The predicted octanol–water partition coefficient (Wildman–Crippen LogP) is 3.31. The zero-order chi connectivity index (χ0) is 16.8. The first-order valence-corrected chi connectivity index (χ1v) is 7.16. The van der Waals surface area contributed by atoms with E-state index in [1.807, 2.05) is 32.0 Å². The Morgan fingerprint density at radius 3 is 2.17 bits per heavy atom. The van der Waals surface area contributed by atoms with E-state index in [4.69, 9.17) is 18.9 Å². The standard InChI is InChI=1S/C18H20O5/c1-12-6-5-7-17(13(12)2)22-11-18(19)23-16-9-14(20-3)8-15(10-16)21-4/h5-10H,11H2,1-4H3. The van der Waals surface area contributed by atoms with Gasteiger partial charge in [0.15, 0.2) is 6.61 Å². The number of carbonyl (C=O) groups is 1. The lowest BCUT2D eigenvalue weighted by Crippen LogP contribution is -2.18. The quantitative estimate of drug-likeness (QED) is 0.604. The van der Waals surface area contributed by atoms with Gasteiger partial charge in [-0.2, -0.15) is 0 Å². The second kappa shape index (κ2) is 7.54. The molecule has 0 fully saturated rings. The van der Waals surface area contributed by atoms with Crippen LogP contribution in [0.15, 0.2) is 36.4 Å². The lowest BCUT2D eigenvalue weighted by atomic mass is 10.1. The number of aryl methyl sites for hydroxylation is 1. The average molecular weight is 316 g/mol. The molecule has 0 aliphatic carbocycles. The van der Waals surface area contributed by atoms with Crippen LogP contribution in [0.2, 0.25) is 0 Å². The summed E-state index contributed by atoms with van der Waals surface area (Å²) in [7, 11) is 3.06. The highest BCUT2D eigenvalue weighted by atomic mass is 16.6. The molecule has 0 heterocycles. The molecule has 0 unspecified atom stereocenters. The highest BCUT2D eigenvalue weighted by Gasteiger charge is 2.10. The van der Waals surface area contributed by atoms with Crippen LogP contribution in [0.5, 0.6) is 23.0 Å². The molecule has 0 radical (unpaired) electrons. The van der Waals surface area contributed by atoms with Crippen molar-refractivity contribution in [2.45, 2.75) is 13.8 Å². The van der Waals surface area contributed by atoms with Crippen LogP contribution in [-0.2, 0) is 4.79 Å². The molecule has 23 heavy (non-hydrogen) atoms. The molecule has 0 saturated carbocycles. The number of hydrogen-bond acceptors (Lipinski definition) is 5. The van der Waals surface area contributed by atoms with Crippen LogP contribution in [0.3, 0.4) is 0 Å². The fraction of sp³-hybridized carbons (Fsp3) is 0.278. The lowest BCUT2D eigenvalue weighted by Gasteiger charge is -2.11. The molecule has 0 spiro atoms. The van der Waals surface area contributed by atoms with Crippen molar-refractivity contribution in [3.8, 4) is 23.0 Å². The third kappa shape index (κ3) is 4.39. The first-order chi connectivity index (χ1) is 11.0. The molecular formula is C18H20O5. The summed E-state index contributed by atoms with van der Waals surface area (Å²) in [6.45, 7) is 3.76. The molecule has 0 N–H and O–H groups in total. The summed E-state index contributed by atoms with van der Waals surface area (Å²) in [6.07, 6.45) is 0. The first-order valence-electron chi connectivity index (χ1n) is 7.16. The Balaban J connectivity index is 2.01. The molecular weight excluding hydrogens is 296 g/mol. The van der Waals surface area contributed by atoms with E-state index < -0.39 is 5.97 Å². The van der Waals surface area contributed by atoms with Crippen molar-refractivity contribution in [3.63, 3.8) is 0 Å². The van der Waals surface area contributed by atoms with Gasteiger partial charge in [-0.25, -0.2) is 4.79 Å². The van der Waals surface area contributed by atoms with Gasteiger partial charge in [0.2, 0.25) is 0 Å². The molecule has 0 saturated heterocycles. The number of rotatable bonds is 6. The van der Waals surface area contributed by atoms with E-state index in [1.54, 1.807) is 18.2 Å². The van der Waals surface area contributed by atoms with Crippen LogP contribution in [0, 0.1) is 13.8 Å². The maximum absolute atomic E-state index is 12.0. The fourth-order valence-corrected chi connectivity index (χ4v) is 2.02. The maximum atomic E-state index is 12.0. The third-order valence-corrected chi connectivity index (χ3v) is 3.46. The fourth-order valence-electron chi connectivity index (χ4n) is 2.02. The molecule has 5 nitrogen and oxygen atoms in total. The number of methoxy groups -OCH3 is 2. The second-order valence-corrected chi connectivity index (χ2v) is 5.01. The summed E-state index contributed by atoms with van der Waals surface area (Å²) >= 11 is 0. The Hall–Kier alpha value is -2.69. The first kappa shape index (κ1) is 16.7. The Kier molecular flexibility index (Phi) is 5.46. The lowest BCUT2D eigenvalue weighted by molar-refractivity contribution is -0.136. The SMILES string of the molecule is COc1cc(OC)cc(OC(=O)COc2cccc(C)c2C)c1. The predicted molar refractivity (Wildman–Crippen MR) is 86.6 cm³/mol. The molecule has 2 rings (SSSR count). The molecule has 2 aromatic carbocycles. The molecule has 5 heteroatoms. The number of carbonyl (C=O) groups excluding carboxylic acids is 1.